The Bertz CT molecular complexity index is 411. The Morgan fingerprint density at radius 2 is 2.33 bits per heavy atom. The molecule has 0 aromatic carbocycles. The van der Waals surface area contributed by atoms with Gasteiger partial charge in [-0.15, -0.1) is 0 Å². The summed E-state index contributed by atoms with van der Waals surface area (Å²) < 4.78 is 0. The van der Waals surface area contributed by atoms with Crippen LogP contribution in [0.25, 0.3) is 0 Å². The quantitative estimate of drug-likeness (QED) is 0.908. The van der Waals surface area contributed by atoms with Crippen LogP contribution in [0.15, 0.2) is 12.3 Å². The molecule has 18 heavy (non-hydrogen) atoms. The first-order valence-corrected chi connectivity index (χ1v) is 6.66. The molecule has 1 aliphatic heterocycles. The van der Waals surface area contributed by atoms with Crippen LogP contribution in [-0.2, 0) is 6.61 Å². The van der Waals surface area contributed by atoms with Crippen molar-refractivity contribution in [1.29, 1.82) is 0 Å². The number of aromatic nitrogens is 1. The largest absolute Gasteiger partial charge is 0.392 e. The van der Waals surface area contributed by atoms with Gasteiger partial charge in [-0.1, -0.05) is 11.6 Å². The number of pyridine rings is 1. The van der Waals surface area contributed by atoms with Crippen molar-refractivity contribution in [2.24, 2.45) is 0 Å². The molecular weight excluding hydrogens is 250 g/mol. The molecule has 100 valence electrons. The molecule has 1 saturated heterocycles. The summed E-state index contributed by atoms with van der Waals surface area (Å²) in [6.45, 7) is 1.95. The van der Waals surface area contributed by atoms with Gasteiger partial charge in [0.2, 0.25) is 0 Å². The number of hydrogen-bond donors (Lipinski definition) is 1. The van der Waals surface area contributed by atoms with E-state index in [1.54, 1.807) is 6.20 Å². The van der Waals surface area contributed by atoms with Crippen molar-refractivity contribution in [1.82, 2.24) is 9.88 Å². The monoisotopic (exact) mass is 269 g/mol. The van der Waals surface area contributed by atoms with Gasteiger partial charge < -0.3 is 14.9 Å². The summed E-state index contributed by atoms with van der Waals surface area (Å²) in [6.07, 6.45) is 4.02. The number of aliphatic hydroxyl groups excluding tert-OH is 1. The lowest BCUT2D eigenvalue weighted by Gasteiger charge is -2.36. The lowest BCUT2D eigenvalue weighted by atomic mass is 10.0. The molecule has 1 fully saturated rings. The maximum atomic E-state index is 9.24. The van der Waals surface area contributed by atoms with Gasteiger partial charge in [-0.05, 0) is 33.0 Å². The average Bonchev–Trinajstić information content (AvgIpc) is 2.39. The highest BCUT2D eigenvalue weighted by atomic mass is 35.5. The fourth-order valence-corrected chi connectivity index (χ4v) is 2.51. The summed E-state index contributed by atoms with van der Waals surface area (Å²) in [5, 5.41) is 9.77. The van der Waals surface area contributed by atoms with E-state index in [1.165, 1.54) is 12.8 Å². The molecule has 1 N–H and O–H groups in total. The number of nitrogens with zero attached hydrogens (tertiary/aromatic N) is 3. The Balaban J connectivity index is 2.15. The summed E-state index contributed by atoms with van der Waals surface area (Å²) in [4.78, 5) is 8.90. The van der Waals surface area contributed by atoms with Crippen molar-refractivity contribution in [3.63, 3.8) is 0 Å². The predicted octanol–water partition coefficient (Wildman–Crippen LogP) is 1.76. The van der Waals surface area contributed by atoms with Crippen LogP contribution in [0.2, 0.25) is 5.02 Å². The molecule has 1 aromatic heterocycles. The van der Waals surface area contributed by atoms with Crippen molar-refractivity contribution in [2.45, 2.75) is 25.5 Å². The molecule has 1 atom stereocenters. The van der Waals surface area contributed by atoms with Crippen LogP contribution in [0, 0.1) is 0 Å². The molecule has 2 rings (SSSR count). The molecule has 0 bridgehead atoms. The van der Waals surface area contributed by atoms with E-state index in [1.807, 2.05) is 6.07 Å². The molecule has 1 unspecified atom stereocenters. The van der Waals surface area contributed by atoms with Crippen molar-refractivity contribution >= 4 is 17.4 Å². The number of anilines is 1. The fraction of sp³-hybridized carbons (Fsp3) is 0.615. The number of likely N-dealkylation sites (N-methyl/N-ethyl adjacent to an activating group) is 1. The third-order valence-electron chi connectivity index (χ3n) is 3.54. The summed E-state index contributed by atoms with van der Waals surface area (Å²) >= 11 is 5.97. The Morgan fingerprint density at radius 1 is 1.56 bits per heavy atom. The lowest BCUT2D eigenvalue weighted by molar-refractivity contribution is 0.257. The van der Waals surface area contributed by atoms with Crippen LogP contribution < -0.4 is 4.90 Å². The van der Waals surface area contributed by atoms with Gasteiger partial charge in [-0.25, -0.2) is 4.98 Å². The van der Waals surface area contributed by atoms with E-state index in [0.717, 1.165) is 24.5 Å². The predicted molar refractivity (Wildman–Crippen MR) is 74.1 cm³/mol. The van der Waals surface area contributed by atoms with Crippen molar-refractivity contribution in [2.75, 3.05) is 32.1 Å². The SMILES string of the molecule is CN(C)C1CCCN(c2cc(CO)c(Cl)cn2)C1. The molecule has 1 aliphatic rings. The van der Waals surface area contributed by atoms with Crippen LogP contribution in [0.1, 0.15) is 18.4 Å². The first-order valence-electron chi connectivity index (χ1n) is 6.28. The zero-order valence-corrected chi connectivity index (χ0v) is 11.7. The van der Waals surface area contributed by atoms with Crippen LogP contribution in [0.5, 0.6) is 0 Å². The molecule has 0 aliphatic carbocycles. The van der Waals surface area contributed by atoms with Crippen LogP contribution >= 0.6 is 11.6 Å². The molecule has 0 spiro atoms. The highest BCUT2D eigenvalue weighted by Gasteiger charge is 2.22. The van der Waals surface area contributed by atoms with Gasteiger partial charge >= 0.3 is 0 Å². The van der Waals surface area contributed by atoms with Gasteiger partial charge in [0, 0.05) is 30.9 Å². The second kappa shape index (κ2) is 5.87. The van der Waals surface area contributed by atoms with E-state index in [0.29, 0.717) is 11.1 Å². The van der Waals surface area contributed by atoms with Gasteiger partial charge in [0.05, 0.1) is 11.6 Å². The summed E-state index contributed by atoms with van der Waals surface area (Å²) in [6, 6.07) is 2.45. The molecule has 0 radical (unpaired) electrons. The normalized spacial score (nSPS) is 20.5. The van der Waals surface area contributed by atoms with Gasteiger partial charge in [0.1, 0.15) is 5.82 Å². The van der Waals surface area contributed by atoms with E-state index in [-0.39, 0.29) is 6.61 Å². The fourth-order valence-electron chi connectivity index (χ4n) is 2.35. The van der Waals surface area contributed by atoms with Gasteiger partial charge in [0.15, 0.2) is 0 Å². The van der Waals surface area contributed by atoms with Crippen molar-refractivity contribution in [3.05, 3.63) is 22.8 Å². The Labute approximate surface area is 113 Å². The maximum Gasteiger partial charge on any atom is 0.128 e. The minimum Gasteiger partial charge on any atom is -0.392 e. The molecule has 4 nitrogen and oxygen atoms in total. The van der Waals surface area contributed by atoms with Gasteiger partial charge in [-0.2, -0.15) is 0 Å². The van der Waals surface area contributed by atoms with E-state index in [2.05, 4.69) is 28.9 Å². The highest BCUT2D eigenvalue weighted by Crippen LogP contribution is 2.24. The third-order valence-corrected chi connectivity index (χ3v) is 3.88. The molecule has 5 heteroatoms. The minimum absolute atomic E-state index is 0.0424. The second-order valence-corrected chi connectivity index (χ2v) is 5.40. The molecule has 0 saturated carbocycles. The summed E-state index contributed by atoms with van der Waals surface area (Å²) in [7, 11) is 4.23. The lowest BCUT2D eigenvalue weighted by Crippen LogP contribution is -2.45. The first kappa shape index (κ1) is 13.6. The number of rotatable bonds is 3. The Kier molecular flexibility index (Phi) is 4.43. The second-order valence-electron chi connectivity index (χ2n) is 5.00. The third kappa shape index (κ3) is 2.94. The average molecular weight is 270 g/mol. The summed E-state index contributed by atoms with van der Waals surface area (Å²) in [5.41, 5.74) is 0.744. The number of piperidine rings is 1. The maximum absolute atomic E-state index is 9.24. The van der Waals surface area contributed by atoms with E-state index in [9.17, 15) is 5.11 Å². The standard InChI is InChI=1S/C13H20ClN3O/c1-16(2)11-4-3-5-17(8-11)13-6-10(9-18)12(14)7-15-13/h6-7,11,18H,3-5,8-9H2,1-2H3. The molecule has 0 amide bonds. The number of halogens is 1. The van der Waals surface area contributed by atoms with E-state index >= 15 is 0 Å². The van der Waals surface area contributed by atoms with E-state index < -0.39 is 0 Å². The molecular formula is C13H20ClN3O. The Morgan fingerprint density at radius 3 is 3.00 bits per heavy atom. The minimum atomic E-state index is -0.0424. The highest BCUT2D eigenvalue weighted by molar-refractivity contribution is 6.31. The topological polar surface area (TPSA) is 39.6 Å². The molecule has 1 aromatic rings. The van der Waals surface area contributed by atoms with Crippen LogP contribution in [0.4, 0.5) is 5.82 Å². The smallest absolute Gasteiger partial charge is 0.128 e. The number of hydrogen-bond acceptors (Lipinski definition) is 4. The first-order chi connectivity index (χ1) is 8.61. The van der Waals surface area contributed by atoms with Gasteiger partial charge in [0.25, 0.3) is 0 Å². The van der Waals surface area contributed by atoms with Crippen LogP contribution in [0.3, 0.4) is 0 Å². The van der Waals surface area contributed by atoms with E-state index in [4.69, 9.17) is 11.6 Å². The van der Waals surface area contributed by atoms with Gasteiger partial charge in [-0.3, -0.25) is 0 Å². The Hall–Kier alpha value is -0.840. The summed E-state index contributed by atoms with van der Waals surface area (Å²) in [5.74, 6) is 0.912. The van der Waals surface area contributed by atoms with Crippen molar-refractivity contribution in [3.8, 4) is 0 Å². The molecule has 2 heterocycles. The van der Waals surface area contributed by atoms with Crippen LogP contribution in [-0.4, -0.2) is 48.2 Å². The number of aliphatic hydroxyl groups is 1. The van der Waals surface area contributed by atoms with Crippen molar-refractivity contribution < 1.29 is 5.11 Å². The zero-order chi connectivity index (χ0) is 13.1. The zero-order valence-electron chi connectivity index (χ0n) is 10.9.